The monoisotopic (exact) mass is 239 g/mol. The topological polar surface area (TPSA) is 49.6 Å². The lowest BCUT2D eigenvalue weighted by atomic mass is 9.83. The summed E-state index contributed by atoms with van der Waals surface area (Å²) >= 11 is 0. The van der Waals surface area contributed by atoms with Gasteiger partial charge in [0.05, 0.1) is 5.41 Å². The molecule has 3 unspecified atom stereocenters. The van der Waals surface area contributed by atoms with Gasteiger partial charge in [-0.1, -0.05) is 6.42 Å². The minimum absolute atomic E-state index is 0.0434. The van der Waals surface area contributed by atoms with Crippen LogP contribution in [0.5, 0.6) is 0 Å². The standard InChI is InChI=1S/C13H25N3O/c1-10-9-15(3)7-8-16(10)12(17)13(2)6-4-5-11(13)14/h10-11H,4-9,14H2,1-3H3. The Bertz CT molecular complexity index is 307. The number of hydrogen-bond donors (Lipinski definition) is 1. The molecule has 1 saturated heterocycles. The number of piperazine rings is 1. The van der Waals surface area contributed by atoms with Gasteiger partial charge in [0.15, 0.2) is 0 Å². The third-order valence-corrected chi connectivity index (χ3v) is 4.61. The molecular weight excluding hydrogens is 214 g/mol. The number of rotatable bonds is 1. The molecule has 2 aliphatic rings. The molecule has 0 radical (unpaired) electrons. The first kappa shape index (κ1) is 12.8. The van der Waals surface area contributed by atoms with Crippen molar-refractivity contribution < 1.29 is 4.79 Å². The van der Waals surface area contributed by atoms with Gasteiger partial charge in [0.2, 0.25) is 5.91 Å². The summed E-state index contributed by atoms with van der Waals surface area (Å²) in [4.78, 5) is 17.0. The summed E-state index contributed by atoms with van der Waals surface area (Å²) in [6, 6.07) is 0.354. The van der Waals surface area contributed by atoms with Crippen molar-refractivity contribution in [3.8, 4) is 0 Å². The molecule has 2 fully saturated rings. The molecule has 1 amide bonds. The van der Waals surface area contributed by atoms with E-state index in [1.807, 2.05) is 4.90 Å². The van der Waals surface area contributed by atoms with Gasteiger partial charge in [0.1, 0.15) is 0 Å². The highest BCUT2D eigenvalue weighted by atomic mass is 16.2. The quantitative estimate of drug-likeness (QED) is 0.731. The second-order valence-corrected chi connectivity index (χ2v) is 6.03. The Kier molecular flexibility index (Phi) is 3.46. The number of hydrogen-bond acceptors (Lipinski definition) is 3. The second-order valence-electron chi connectivity index (χ2n) is 6.03. The number of nitrogens with two attached hydrogens (primary N) is 1. The van der Waals surface area contributed by atoms with Crippen LogP contribution in [0.3, 0.4) is 0 Å². The maximum atomic E-state index is 12.7. The Balaban J connectivity index is 2.09. The molecule has 98 valence electrons. The Morgan fingerprint density at radius 2 is 2.12 bits per heavy atom. The third kappa shape index (κ3) is 2.20. The van der Waals surface area contributed by atoms with Crippen molar-refractivity contribution in [3.63, 3.8) is 0 Å². The van der Waals surface area contributed by atoms with Crippen molar-refractivity contribution in [1.29, 1.82) is 0 Å². The summed E-state index contributed by atoms with van der Waals surface area (Å²) < 4.78 is 0. The summed E-state index contributed by atoms with van der Waals surface area (Å²) in [5, 5.41) is 0. The maximum absolute atomic E-state index is 12.7. The molecule has 1 saturated carbocycles. The highest BCUT2D eigenvalue weighted by Gasteiger charge is 2.46. The maximum Gasteiger partial charge on any atom is 0.230 e. The van der Waals surface area contributed by atoms with Crippen LogP contribution >= 0.6 is 0 Å². The van der Waals surface area contributed by atoms with Crippen LogP contribution in [0.2, 0.25) is 0 Å². The molecule has 1 aliphatic heterocycles. The van der Waals surface area contributed by atoms with E-state index in [-0.39, 0.29) is 17.4 Å². The van der Waals surface area contributed by atoms with Crippen molar-refractivity contribution in [2.45, 2.75) is 45.2 Å². The lowest BCUT2D eigenvalue weighted by molar-refractivity contribution is -0.146. The highest BCUT2D eigenvalue weighted by molar-refractivity contribution is 5.84. The molecule has 3 atom stereocenters. The minimum atomic E-state index is -0.315. The molecule has 4 nitrogen and oxygen atoms in total. The van der Waals surface area contributed by atoms with Gasteiger partial charge in [-0.15, -0.1) is 0 Å². The zero-order chi connectivity index (χ0) is 12.6. The molecule has 0 spiro atoms. The predicted octanol–water partition coefficient (Wildman–Crippen LogP) is 0.666. The predicted molar refractivity (Wildman–Crippen MR) is 68.6 cm³/mol. The first-order valence-electron chi connectivity index (χ1n) is 6.70. The van der Waals surface area contributed by atoms with Crippen molar-refractivity contribution in [1.82, 2.24) is 9.80 Å². The van der Waals surface area contributed by atoms with E-state index in [2.05, 4.69) is 25.8 Å². The third-order valence-electron chi connectivity index (χ3n) is 4.61. The van der Waals surface area contributed by atoms with Crippen LogP contribution in [0.4, 0.5) is 0 Å². The Morgan fingerprint density at radius 1 is 1.41 bits per heavy atom. The number of amides is 1. The summed E-state index contributed by atoms with van der Waals surface area (Å²) in [5.41, 5.74) is 5.82. The number of likely N-dealkylation sites (N-methyl/N-ethyl adjacent to an activating group) is 1. The number of carbonyl (C=O) groups excluding carboxylic acids is 1. The second kappa shape index (κ2) is 4.58. The summed E-state index contributed by atoms with van der Waals surface area (Å²) in [6.07, 6.45) is 3.03. The van der Waals surface area contributed by atoms with Crippen LogP contribution < -0.4 is 5.73 Å². The smallest absolute Gasteiger partial charge is 0.230 e. The van der Waals surface area contributed by atoms with Crippen LogP contribution in [-0.4, -0.2) is 54.5 Å². The van der Waals surface area contributed by atoms with Gasteiger partial charge in [-0.2, -0.15) is 0 Å². The Morgan fingerprint density at radius 3 is 2.65 bits per heavy atom. The van der Waals surface area contributed by atoms with E-state index in [1.54, 1.807) is 0 Å². The lowest BCUT2D eigenvalue weighted by Gasteiger charge is -2.43. The molecule has 1 aliphatic carbocycles. The van der Waals surface area contributed by atoms with Gasteiger partial charge in [0.25, 0.3) is 0 Å². The summed E-state index contributed by atoms with van der Waals surface area (Å²) in [7, 11) is 2.11. The molecule has 2 rings (SSSR count). The minimum Gasteiger partial charge on any atom is -0.337 e. The Hall–Kier alpha value is -0.610. The number of carbonyl (C=O) groups is 1. The molecule has 0 bridgehead atoms. The van der Waals surface area contributed by atoms with Crippen LogP contribution in [-0.2, 0) is 4.79 Å². The van der Waals surface area contributed by atoms with Gasteiger partial charge in [-0.25, -0.2) is 0 Å². The molecule has 4 heteroatoms. The van der Waals surface area contributed by atoms with Crippen LogP contribution in [0, 0.1) is 5.41 Å². The van der Waals surface area contributed by atoms with E-state index in [0.717, 1.165) is 38.9 Å². The van der Waals surface area contributed by atoms with Crippen molar-refractivity contribution >= 4 is 5.91 Å². The molecular formula is C13H25N3O. The summed E-state index contributed by atoms with van der Waals surface area (Å²) in [5.74, 6) is 0.281. The first-order valence-corrected chi connectivity index (χ1v) is 6.70. The highest BCUT2D eigenvalue weighted by Crippen LogP contribution is 2.39. The fourth-order valence-electron chi connectivity index (χ4n) is 3.23. The van der Waals surface area contributed by atoms with Crippen LogP contribution in [0.15, 0.2) is 0 Å². The van der Waals surface area contributed by atoms with E-state index in [4.69, 9.17) is 5.73 Å². The van der Waals surface area contributed by atoms with Crippen molar-refractivity contribution in [2.24, 2.45) is 11.1 Å². The van der Waals surface area contributed by atoms with Crippen LogP contribution in [0.1, 0.15) is 33.1 Å². The fraction of sp³-hybridized carbons (Fsp3) is 0.923. The van der Waals surface area contributed by atoms with Gasteiger partial charge < -0.3 is 15.5 Å². The van der Waals surface area contributed by atoms with E-state index >= 15 is 0 Å². The van der Waals surface area contributed by atoms with Crippen molar-refractivity contribution in [3.05, 3.63) is 0 Å². The van der Waals surface area contributed by atoms with E-state index in [9.17, 15) is 4.79 Å². The molecule has 0 aromatic heterocycles. The SMILES string of the molecule is CC1CN(C)CCN1C(=O)C1(C)CCCC1N. The van der Waals surface area contributed by atoms with Gasteiger partial charge in [-0.3, -0.25) is 4.79 Å². The molecule has 0 aromatic rings. The Labute approximate surface area is 104 Å². The first-order chi connectivity index (χ1) is 7.95. The molecule has 0 aromatic carbocycles. The molecule has 2 N–H and O–H groups in total. The van der Waals surface area contributed by atoms with E-state index in [1.165, 1.54) is 0 Å². The van der Waals surface area contributed by atoms with E-state index in [0.29, 0.717) is 6.04 Å². The van der Waals surface area contributed by atoms with Gasteiger partial charge >= 0.3 is 0 Å². The zero-order valence-electron chi connectivity index (χ0n) is 11.3. The van der Waals surface area contributed by atoms with Gasteiger partial charge in [0, 0.05) is 31.7 Å². The fourth-order valence-corrected chi connectivity index (χ4v) is 3.23. The largest absolute Gasteiger partial charge is 0.337 e. The normalized spacial score (nSPS) is 39.6. The summed E-state index contributed by atoms with van der Waals surface area (Å²) in [6.45, 7) is 6.98. The van der Waals surface area contributed by atoms with Crippen molar-refractivity contribution in [2.75, 3.05) is 26.7 Å². The molecule has 17 heavy (non-hydrogen) atoms. The average Bonchev–Trinajstić information content (AvgIpc) is 2.60. The van der Waals surface area contributed by atoms with Gasteiger partial charge in [-0.05, 0) is 33.7 Å². The van der Waals surface area contributed by atoms with Crippen LogP contribution in [0.25, 0.3) is 0 Å². The average molecular weight is 239 g/mol. The lowest BCUT2D eigenvalue weighted by Crippen LogP contribution is -2.58. The molecule has 1 heterocycles. The van der Waals surface area contributed by atoms with E-state index < -0.39 is 0 Å². The zero-order valence-corrected chi connectivity index (χ0v) is 11.3. The number of nitrogens with zero attached hydrogens (tertiary/aromatic N) is 2.